The number of hydrogen-bond acceptors (Lipinski definition) is 6. The first-order chi connectivity index (χ1) is 20.3. The lowest BCUT2D eigenvalue weighted by Crippen LogP contribution is -2.12. The summed E-state index contributed by atoms with van der Waals surface area (Å²) in [5, 5.41) is 7.96. The maximum Gasteiger partial charge on any atom is 0.154 e. The second kappa shape index (κ2) is 11.0. The minimum atomic E-state index is -0.364. The van der Waals surface area contributed by atoms with Gasteiger partial charge in [-0.25, -0.2) is 18.3 Å². The minimum Gasteiger partial charge on any atom is -0.339 e. The summed E-state index contributed by atoms with van der Waals surface area (Å²) in [6, 6.07) is 18.8. The SMILES string of the molecule is CN(S)c1cn2nc(-c3ccc(F)cc3)c(C=O)c2cc1-c1ccc2c(n1)-c1cc3c(F)cccc3n1CC2.CNC. The zero-order chi connectivity index (χ0) is 29.5. The fraction of sp³-hybridized carbons (Fsp3) is 0.156. The van der Waals surface area contributed by atoms with Crippen molar-refractivity contribution >= 4 is 41.2 Å². The number of carbonyl (C=O) groups is 1. The van der Waals surface area contributed by atoms with Gasteiger partial charge >= 0.3 is 0 Å². The quantitative estimate of drug-likeness (QED) is 0.185. The summed E-state index contributed by atoms with van der Waals surface area (Å²) in [7, 11) is 5.55. The fourth-order valence-corrected chi connectivity index (χ4v) is 5.64. The van der Waals surface area contributed by atoms with Crippen LogP contribution in [0, 0.1) is 11.6 Å². The lowest BCUT2D eigenvalue weighted by Gasteiger charge is -2.21. The average Bonchev–Trinajstić information content (AvgIpc) is 3.56. The maximum absolute atomic E-state index is 14.6. The Balaban J connectivity index is 0.00000101. The number of rotatable bonds is 4. The molecule has 7 rings (SSSR count). The number of benzene rings is 2. The highest BCUT2D eigenvalue weighted by molar-refractivity contribution is 7.81. The Morgan fingerprint density at radius 2 is 1.76 bits per heavy atom. The number of aromatic nitrogens is 4. The largest absolute Gasteiger partial charge is 0.339 e. The molecule has 6 aromatic rings. The van der Waals surface area contributed by atoms with Crippen molar-refractivity contribution in [1.29, 1.82) is 0 Å². The van der Waals surface area contributed by atoms with Crippen LogP contribution in [0.2, 0.25) is 0 Å². The average molecular weight is 583 g/mol. The number of aldehydes is 1. The Morgan fingerprint density at radius 1 is 1.00 bits per heavy atom. The van der Waals surface area contributed by atoms with Crippen LogP contribution in [0.25, 0.3) is 50.3 Å². The molecule has 0 radical (unpaired) electrons. The molecule has 0 unspecified atom stereocenters. The number of anilines is 1. The molecule has 0 saturated heterocycles. The van der Waals surface area contributed by atoms with E-state index in [1.54, 1.807) is 40.3 Å². The summed E-state index contributed by atoms with van der Waals surface area (Å²) in [6.07, 6.45) is 3.35. The van der Waals surface area contributed by atoms with Gasteiger partial charge in [-0.1, -0.05) is 24.9 Å². The molecule has 1 aliphatic rings. The standard InChI is InChI=1S/C30H21F2N5OS.C2H7N/c1-35(39)28-15-37-26(22(16-38)29(34-37)17-5-8-19(31)9-6-17)14-21(28)24-10-7-18-11-12-36-25-4-2-3-23(32)20(25)13-27(36)30(18)33-24;1-3-2/h2-10,13-16,39H,11-12H2,1H3;3H,1-2H3. The Labute approximate surface area is 247 Å². The van der Waals surface area contributed by atoms with Gasteiger partial charge in [0.15, 0.2) is 6.29 Å². The van der Waals surface area contributed by atoms with E-state index in [0.717, 1.165) is 53.0 Å². The molecule has 0 amide bonds. The maximum atomic E-state index is 14.6. The first-order valence-corrected chi connectivity index (χ1v) is 13.8. The molecule has 0 saturated carbocycles. The van der Waals surface area contributed by atoms with E-state index in [1.807, 2.05) is 38.4 Å². The van der Waals surface area contributed by atoms with Gasteiger partial charge in [0.2, 0.25) is 0 Å². The molecule has 1 N–H and O–H groups in total. The smallest absolute Gasteiger partial charge is 0.154 e. The second-order valence-corrected chi connectivity index (χ2v) is 10.7. The highest BCUT2D eigenvalue weighted by Crippen LogP contribution is 2.39. The van der Waals surface area contributed by atoms with Crippen LogP contribution >= 0.6 is 12.8 Å². The fourth-order valence-electron chi connectivity index (χ4n) is 5.48. The first kappa shape index (κ1) is 27.6. The van der Waals surface area contributed by atoms with Crippen LogP contribution in [0.3, 0.4) is 0 Å². The lowest BCUT2D eigenvalue weighted by molar-refractivity contribution is 0.112. The van der Waals surface area contributed by atoms with Crippen LogP contribution in [-0.4, -0.2) is 46.6 Å². The molecule has 0 fully saturated rings. The number of nitrogens with one attached hydrogen (secondary N) is 1. The highest BCUT2D eigenvalue weighted by Gasteiger charge is 2.24. The Hall–Kier alpha value is -4.54. The van der Waals surface area contributed by atoms with Crippen molar-refractivity contribution in [1.82, 2.24) is 24.5 Å². The van der Waals surface area contributed by atoms with Crippen molar-refractivity contribution in [2.75, 3.05) is 25.4 Å². The van der Waals surface area contributed by atoms with Crippen LogP contribution in [0.1, 0.15) is 15.9 Å². The molecule has 0 spiro atoms. The van der Waals surface area contributed by atoms with E-state index in [-0.39, 0.29) is 11.6 Å². The molecule has 0 bridgehead atoms. The number of thiol groups is 1. The first-order valence-electron chi connectivity index (χ1n) is 13.4. The molecule has 10 heteroatoms. The molecule has 4 aromatic heterocycles. The van der Waals surface area contributed by atoms with E-state index < -0.39 is 0 Å². The van der Waals surface area contributed by atoms with Crippen LogP contribution in [0.4, 0.5) is 14.5 Å². The van der Waals surface area contributed by atoms with E-state index in [4.69, 9.17) is 4.98 Å². The second-order valence-electron chi connectivity index (χ2n) is 10.1. The summed E-state index contributed by atoms with van der Waals surface area (Å²) in [6.45, 7) is 0.748. The number of nitrogens with zero attached hydrogens (tertiary/aromatic N) is 5. The van der Waals surface area contributed by atoms with Gasteiger partial charge in [0.1, 0.15) is 17.3 Å². The van der Waals surface area contributed by atoms with Crippen molar-refractivity contribution in [2.24, 2.45) is 0 Å². The Bertz CT molecular complexity index is 1960. The van der Waals surface area contributed by atoms with Crippen molar-refractivity contribution in [3.63, 3.8) is 0 Å². The number of hydrogen-bond donors (Lipinski definition) is 2. The molecule has 212 valence electrons. The third kappa shape index (κ3) is 4.62. The summed E-state index contributed by atoms with van der Waals surface area (Å²) in [5.41, 5.74) is 7.87. The van der Waals surface area contributed by atoms with E-state index >= 15 is 0 Å². The molecule has 7 nitrogen and oxygen atoms in total. The van der Waals surface area contributed by atoms with Crippen molar-refractivity contribution < 1.29 is 13.6 Å². The normalized spacial score (nSPS) is 12.0. The lowest BCUT2D eigenvalue weighted by atomic mass is 10.0. The number of carbonyl (C=O) groups excluding carboxylic acids is 1. The number of fused-ring (bicyclic) bond motifs is 6. The summed E-state index contributed by atoms with van der Waals surface area (Å²) >= 11 is 4.57. The van der Waals surface area contributed by atoms with Crippen LogP contribution in [0.15, 0.2) is 72.9 Å². The number of halogens is 2. The zero-order valence-corrected chi connectivity index (χ0v) is 24.2. The van der Waals surface area contributed by atoms with Gasteiger partial charge in [0, 0.05) is 30.1 Å². The molecule has 2 aromatic carbocycles. The van der Waals surface area contributed by atoms with Gasteiger partial charge in [-0.05, 0) is 80.7 Å². The van der Waals surface area contributed by atoms with Gasteiger partial charge in [-0.2, -0.15) is 5.10 Å². The molecule has 5 heterocycles. The van der Waals surface area contributed by atoms with Gasteiger partial charge in [0.05, 0.1) is 45.6 Å². The van der Waals surface area contributed by atoms with Crippen LogP contribution < -0.4 is 9.62 Å². The molecule has 0 aliphatic carbocycles. The van der Waals surface area contributed by atoms with E-state index in [9.17, 15) is 13.6 Å². The van der Waals surface area contributed by atoms with Crippen LogP contribution in [-0.2, 0) is 13.0 Å². The van der Waals surface area contributed by atoms with Gasteiger partial charge in [-0.15, -0.1) is 0 Å². The Kier molecular flexibility index (Phi) is 7.26. The molecular formula is C32H28F2N6OS. The van der Waals surface area contributed by atoms with Gasteiger partial charge in [0.25, 0.3) is 0 Å². The summed E-state index contributed by atoms with van der Waals surface area (Å²) < 4.78 is 33.5. The minimum absolute atomic E-state index is 0.254. The summed E-state index contributed by atoms with van der Waals surface area (Å²) in [4.78, 5) is 17.3. The third-order valence-corrected chi connectivity index (χ3v) is 7.58. The van der Waals surface area contributed by atoms with Crippen molar-refractivity contribution in [2.45, 2.75) is 13.0 Å². The highest BCUT2D eigenvalue weighted by atomic mass is 32.1. The topological polar surface area (TPSA) is 67.5 Å². The van der Waals surface area contributed by atoms with E-state index in [2.05, 4.69) is 33.9 Å². The monoisotopic (exact) mass is 582 g/mol. The van der Waals surface area contributed by atoms with Crippen LogP contribution in [0.5, 0.6) is 0 Å². The number of aryl methyl sites for hydroxylation is 2. The molecule has 1 aliphatic heterocycles. The van der Waals surface area contributed by atoms with Gasteiger partial charge < -0.3 is 14.2 Å². The molecule has 0 atom stereocenters. The molecule has 42 heavy (non-hydrogen) atoms. The predicted octanol–water partition coefficient (Wildman–Crippen LogP) is 6.45. The van der Waals surface area contributed by atoms with Gasteiger partial charge in [-0.3, -0.25) is 4.79 Å². The number of pyridine rings is 2. The van der Waals surface area contributed by atoms with Crippen molar-refractivity contribution in [3.8, 4) is 33.9 Å². The van der Waals surface area contributed by atoms with Crippen molar-refractivity contribution in [3.05, 3.63) is 95.7 Å². The zero-order valence-electron chi connectivity index (χ0n) is 23.3. The Morgan fingerprint density at radius 3 is 2.48 bits per heavy atom. The third-order valence-electron chi connectivity index (χ3n) is 7.37. The van der Waals surface area contributed by atoms with E-state index in [1.165, 1.54) is 18.2 Å². The van der Waals surface area contributed by atoms with E-state index in [0.29, 0.717) is 33.4 Å². The molecular weight excluding hydrogens is 554 g/mol. The predicted molar refractivity (Wildman–Crippen MR) is 166 cm³/mol. The summed E-state index contributed by atoms with van der Waals surface area (Å²) in [5.74, 6) is -0.618.